The van der Waals surface area contributed by atoms with E-state index >= 15 is 0 Å². The maximum absolute atomic E-state index is 9.96. The molecule has 5 heteroatoms. The van der Waals surface area contributed by atoms with Gasteiger partial charge in [-0.3, -0.25) is 4.90 Å². The fraction of sp³-hybridized carbons (Fsp3) is 0.368. The van der Waals surface area contributed by atoms with Gasteiger partial charge in [0.15, 0.2) is 23.0 Å². The van der Waals surface area contributed by atoms with Crippen LogP contribution in [-0.2, 0) is 13.0 Å². The van der Waals surface area contributed by atoms with Gasteiger partial charge in [-0.25, -0.2) is 0 Å². The second kappa shape index (κ2) is 6.61. The number of rotatable bonds is 4. The Hall–Kier alpha value is -2.40. The number of nitrogens with zero attached hydrogens (tertiary/aromatic N) is 1. The van der Waals surface area contributed by atoms with E-state index in [1.165, 1.54) is 5.56 Å². The predicted octanol–water partition coefficient (Wildman–Crippen LogP) is 3.23. The zero-order valence-electron chi connectivity index (χ0n) is 14.2. The summed E-state index contributed by atoms with van der Waals surface area (Å²) in [6.07, 6.45) is 0.874. The van der Waals surface area contributed by atoms with Crippen molar-refractivity contribution in [1.29, 1.82) is 0 Å². The number of hydrogen-bond donors (Lipinski definition) is 2. The van der Waals surface area contributed by atoms with Crippen LogP contribution in [0.25, 0.3) is 0 Å². The van der Waals surface area contributed by atoms with Crippen LogP contribution in [0.1, 0.15) is 29.7 Å². The van der Waals surface area contributed by atoms with E-state index in [4.69, 9.17) is 9.47 Å². The molecule has 0 aliphatic carbocycles. The Morgan fingerprint density at radius 1 is 1.04 bits per heavy atom. The van der Waals surface area contributed by atoms with Crippen LogP contribution in [0.15, 0.2) is 30.3 Å². The van der Waals surface area contributed by atoms with E-state index in [2.05, 4.69) is 11.8 Å². The molecule has 128 valence electrons. The Morgan fingerprint density at radius 3 is 2.42 bits per heavy atom. The molecule has 1 unspecified atom stereocenters. The first-order chi connectivity index (χ1) is 11.5. The van der Waals surface area contributed by atoms with E-state index in [0.717, 1.165) is 30.6 Å². The summed E-state index contributed by atoms with van der Waals surface area (Å²) in [5.74, 6) is 1.34. The smallest absolute Gasteiger partial charge is 0.160 e. The summed E-state index contributed by atoms with van der Waals surface area (Å²) in [6.45, 7) is 3.78. The maximum atomic E-state index is 9.96. The van der Waals surface area contributed by atoms with E-state index in [0.29, 0.717) is 11.5 Å². The van der Waals surface area contributed by atoms with Crippen molar-refractivity contribution in [1.82, 2.24) is 4.90 Å². The molecule has 0 saturated heterocycles. The van der Waals surface area contributed by atoms with Crippen LogP contribution in [0.5, 0.6) is 23.0 Å². The largest absolute Gasteiger partial charge is 0.504 e. The normalized spacial score (nSPS) is 17.4. The first-order valence-electron chi connectivity index (χ1n) is 8.03. The fourth-order valence-corrected chi connectivity index (χ4v) is 3.34. The average Bonchev–Trinajstić information content (AvgIpc) is 2.57. The monoisotopic (exact) mass is 329 g/mol. The van der Waals surface area contributed by atoms with Gasteiger partial charge in [0, 0.05) is 19.1 Å². The molecular weight excluding hydrogens is 306 g/mol. The highest BCUT2D eigenvalue weighted by atomic mass is 16.5. The highest BCUT2D eigenvalue weighted by molar-refractivity contribution is 5.48. The fourth-order valence-electron chi connectivity index (χ4n) is 3.34. The quantitative estimate of drug-likeness (QED) is 0.902. The Bertz CT molecular complexity index is 744. The Balaban J connectivity index is 1.83. The minimum Gasteiger partial charge on any atom is -0.504 e. The van der Waals surface area contributed by atoms with Crippen molar-refractivity contribution in [3.63, 3.8) is 0 Å². The molecule has 3 rings (SSSR count). The third-order valence-corrected chi connectivity index (χ3v) is 4.74. The van der Waals surface area contributed by atoms with Crippen LogP contribution in [0, 0.1) is 0 Å². The number of hydrogen-bond acceptors (Lipinski definition) is 5. The number of ether oxygens (including phenoxy) is 2. The summed E-state index contributed by atoms with van der Waals surface area (Å²) >= 11 is 0. The molecular formula is C19H23NO4. The molecule has 0 bridgehead atoms. The lowest BCUT2D eigenvalue weighted by Gasteiger charge is -2.35. The Morgan fingerprint density at radius 2 is 1.75 bits per heavy atom. The summed E-state index contributed by atoms with van der Waals surface area (Å²) in [4.78, 5) is 2.35. The summed E-state index contributed by atoms with van der Waals surface area (Å²) in [7, 11) is 3.11. The molecule has 1 atom stereocenters. The molecule has 1 aliphatic rings. The van der Waals surface area contributed by atoms with Crippen molar-refractivity contribution >= 4 is 0 Å². The molecule has 0 radical (unpaired) electrons. The molecule has 1 heterocycles. The second-order valence-electron chi connectivity index (χ2n) is 6.13. The van der Waals surface area contributed by atoms with E-state index < -0.39 is 0 Å². The summed E-state index contributed by atoms with van der Waals surface area (Å²) in [5, 5.41) is 19.9. The van der Waals surface area contributed by atoms with Crippen LogP contribution in [0.3, 0.4) is 0 Å². The van der Waals surface area contributed by atoms with E-state index in [1.807, 2.05) is 12.1 Å². The van der Waals surface area contributed by atoms with Crippen molar-refractivity contribution in [3.8, 4) is 23.0 Å². The highest BCUT2D eigenvalue weighted by Crippen LogP contribution is 2.38. The number of phenols is 2. The number of methoxy groups -OCH3 is 2. The molecule has 2 aromatic carbocycles. The zero-order valence-corrected chi connectivity index (χ0v) is 14.2. The van der Waals surface area contributed by atoms with Crippen molar-refractivity contribution in [2.75, 3.05) is 20.8 Å². The average molecular weight is 329 g/mol. The van der Waals surface area contributed by atoms with E-state index in [-0.39, 0.29) is 17.5 Å². The molecule has 2 N–H and O–H groups in total. The van der Waals surface area contributed by atoms with Gasteiger partial charge < -0.3 is 19.7 Å². The van der Waals surface area contributed by atoms with E-state index in [1.54, 1.807) is 32.4 Å². The molecule has 0 amide bonds. The van der Waals surface area contributed by atoms with Gasteiger partial charge in [0.05, 0.1) is 14.2 Å². The highest BCUT2D eigenvalue weighted by Gasteiger charge is 2.25. The Kier molecular flexibility index (Phi) is 4.53. The van der Waals surface area contributed by atoms with Crippen LogP contribution in [-0.4, -0.2) is 35.9 Å². The minimum absolute atomic E-state index is 0.159. The lowest BCUT2D eigenvalue weighted by atomic mass is 9.92. The molecule has 0 spiro atoms. The van der Waals surface area contributed by atoms with Gasteiger partial charge in [0.2, 0.25) is 0 Å². The topological polar surface area (TPSA) is 62.2 Å². The lowest BCUT2D eigenvalue weighted by Crippen LogP contribution is -2.33. The second-order valence-corrected chi connectivity index (χ2v) is 6.13. The van der Waals surface area contributed by atoms with Crippen molar-refractivity contribution in [2.45, 2.75) is 25.9 Å². The van der Waals surface area contributed by atoms with Gasteiger partial charge in [-0.05, 0) is 54.3 Å². The van der Waals surface area contributed by atoms with Crippen LogP contribution < -0.4 is 9.47 Å². The summed E-state index contributed by atoms with van der Waals surface area (Å²) in [5.41, 5.74) is 3.37. The van der Waals surface area contributed by atoms with Gasteiger partial charge in [-0.15, -0.1) is 0 Å². The third-order valence-electron chi connectivity index (χ3n) is 4.74. The molecule has 0 aromatic heterocycles. The van der Waals surface area contributed by atoms with Gasteiger partial charge in [0.25, 0.3) is 0 Å². The standard InChI is InChI=1S/C19H23NO4/c1-12-15-10-19(24-3)17(22)9-14(15)6-7-20(12)11-13-4-5-18(23-2)16(21)8-13/h4-5,8-10,12,21-22H,6-7,11H2,1-3H3. The van der Waals surface area contributed by atoms with Crippen LogP contribution >= 0.6 is 0 Å². The first-order valence-corrected chi connectivity index (χ1v) is 8.03. The third kappa shape index (κ3) is 2.99. The first kappa shape index (κ1) is 16.5. The molecule has 0 fully saturated rings. The zero-order chi connectivity index (χ0) is 17.3. The maximum Gasteiger partial charge on any atom is 0.160 e. The van der Waals surface area contributed by atoms with Crippen molar-refractivity contribution in [2.24, 2.45) is 0 Å². The van der Waals surface area contributed by atoms with Gasteiger partial charge in [0.1, 0.15) is 0 Å². The SMILES string of the molecule is COc1ccc(CN2CCc3cc(O)c(OC)cc3C2C)cc1O. The van der Waals surface area contributed by atoms with Crippen molar-refractivity contribution < 1.29 is 19.7 Å². The molecule has 1 aliphatic heterocycles. The van der Waals surface area contributed by atoms with Crippen LogP contribution in [0.4, 0.5) is 0 Å². The molecule has 5 nitrogen and oxygen atoms in total. The number of benzene rings is 2. The summed E-state index contributed by atoms with van der Waals surface area (Å²) in [6, 6.07) is 9.44. The Labute approximate surface area is 142 Å². The van der Waals surface area contributed by atoms with E-state index in [9.17, 15) is 10.2 Å². The number of aromatic hydroxyl groups is 2. The predicted molar refractivity (Wildman–Crippen MR) is 91.8 cm³/mol. The van der Waals surface area contributed by atoms with Gasteiger partial charge in [-0.1, -0.05) is 6.07 Å². The summed E-state index contributed by atoms with van der Waals surface area (Å²) < 4.78 is 10.3. The van der Waals surface area contributed by atoms with Crippen molar-refractivity contribution in [3.05, 3.63) is 47.0 Å². The number of fused-ring (bicyclic) bond motifs is 1. The molecule has 0 saturated carbocycles. The lowest BCUT2D eigenvalue weighted by molar-refractivity contribution is 0.188. The number of phenolic OH excluding ortho intramolecular Hbond substituents is 2. The minimum atomic E-state index is 0.159. The molecule has 24 heavy (non-hydrogen) atoms. The molecule has 2 aromatic rings. The van der Waals surface area contributed by atoms with Crippen LogP contribution in [0.2, 0.25) is 0 Å². The van der Waals surface area contributed by atoms with Gasteiger partial charge in [-0.2, -0.15) is 0 Å². The van der Waals surface area contributed by atoms with Gasteiger partial charge >= 0.3 is 0 Å².